The lowest BCUT2D eigenvalue weighted by atomic mass is 10.00. The predicted molar refractivity (Wildman–Crippen MR) is 82.3 cm³/mol. The summed E-state index contributed by atoms with van der Waals surface area (Å²) in [7, 11) is 3.32. The van der Waals surface area contributed by atoms with Gasteiger partial charge in [-0.3, -0.25) is 4.90 Å². The maximum absolute atomic E-state index is 6.36. The van der Waals surface area contributed by atoms with Gasteiger partial charge in [0.2, 0.25) is 0 Å². The van der Waals surface area contributed by atoms with Crippen molar-refractivity contribution in [2.24, 2.45) is 5.73 Å². The number of nitrogens with two attached hydrogens (primary N) is 1. The maximum Gasteiger partial charge on any atom is 0.161 e. The van der Waals surface area contributed by atoms with Crippen molar-refractivity contribution in [2.45, 2.75) is 37.4 Å². The minimum atomic E-state index is 0.185. The summed E-state index contributed by atoms with van der Waals surface area (Å²) in [5.74, 6) is 1.51. The van der Waals surface area contributed by atoms with Gasteiger partial charge < -0.3 is 15.2 Å². The zero-order valence-electron chi connectivity index (χ0n) is 11.9. The molecule has 2 atom stereocenters. The van der Waals surface area contributed by atoms with Crippen molar-refractivity contribution in [3.63, 3.8) is 0 Å². The molecule has 20 heavy (non-hydrogen) atoms. The molecule has 1 aromatic rings. The minimum absolute atomic E-state index is 0.185. The largest absolute Gasteiger partial charge is 0.493 e. The third-order valence-corrected chi connectivity index (χ3v) is 5.01. The van der Waals surface area contributed by atoms with Crippen molar-refractivity contribution >= 4 is 15.9 Å². The molecule has 4 nitrogen and oxygen atoms in total. The van der Waals surface area contributed by atoms with Gasteiger partial charge in [0.05, 0.1) is 20.3 Å². The Morgan fingerprint density at radius 1 is 1.15 bits per heavy atom. The zero-order valence-corrected chi connectivity index (χ0v) is 13.5. The highest BCUT2D eigenvalue weighted by atomic mass is 79.9. The van der Waals surface area contributed by atoms with Crippen LogP contribution in [0.15, 0.2) is 16.6 Å². The standard InChI is InChI=1S/C15H21BrN2O2/c1-19-13-7-10(11(16)8-14(13)20-2)15-12(17)5-6-18(15)9-3-4-9/h7-9,12,15H,3-6,17H2,1-2H3. The molecule has 1 saturated carbocycles. The molecule has 2 aliphatic rings. The van der Waals surface area contributed by atoms with E-state index in [1.165, 1.54) is 18.4 Å². The molecular weight excluding hydrogens is 320 g/mol. The van der Waals surface area contributed by atoms with E-state index in [9.17, 15) is 0 Å². The summed E-state index contributed by atoms with van der Waals surface area (Å²) in [4.78, 5) is 2.55. The summed E-state index contributed by atoms with van der Waals surface area (Å²) in [5, 5.41) is 0. The van der Waals surface area contributed by atoms with Crippen LogP contribution in [0.1, 0.15) is 30.9 Å². The quantitative estimate of drug-likeness (QED) is 0.915. The van der Waals surface area contributed by atoms with Crippen molar-refractivity contribution in [3.05, 3.63) is 22.2 Å². The lowest BCUT2D eigenvalue weighted by molar-refractivity contribution is 0.236. The predicted octanol–water partition coefficient (Wildman–Crippen LogP) is 2.70. The van der Waals surface area contributed by atoms with E-state index < -0.39 is 0 Å². The number of hydrogen-bond acceptors (Lipinski definition) is 4. The molecule has 0 aromatic heterocycles. The monoisotopic (exact) mass is 340 g/mol. The summed E-state index contributed by atoms with van der Waals surface area (Å²) < 4.78 is 11.8. The average Bonchev–Trinajstić information content (AvgIpc) is 3.22. The van der Waals surface area contributed by atoms with Crippen LogP contribution in [0, 0.1) is 0 Å². The lowest BCUT2D eigenvalue weighted by Gasteiger charge is -2.28. The van der Waals surface area contributed by atoms with Crippen LogP contribution in [0.4, 0.5) is 0 Å². The Morgan fingerprint density at radius 2 is 1.80 bits per heavy atom. The van der Waals surface area contributed by atoms with Crippen LogP contribution in [-0.2, 0) is 0 Å². The Morgan fingerprint density at radius 3 is 2.40 bits per heavy atom. The van der Waals surface area contributed by atoms with E-state index in [1.807, 2.05) is 6.07 Å². The summed E-state index contributed by atoms with van der Waals surface area (Å²) >= 11 is 3.67. The fourth-order valence-electron chi connectivity index (χ4n) is 3.16. The van der Waals surface area contributed by atoms with E-state index in [-0.39, 0.29) is 12.1 Å². The van der Waals surface area contributed by atoms with Crippen LogP contribution in [0.3, 0.4) is 0 Å². The van der Waals surface area contributed by atoms with E-state index in [4.69, 9.17) is 15.2 Å². The Kier molecular flexibility index (Phi) is 3.93. The number of benzene rings is 1. The van der Waals surface area contributed by atoms with Gasteiger partial charge >= 0.3 is 0 Å². The van der Waals surface area contributed by atoms with Crippen LogP contribution in [0.25, 0.3) is 0 Å². The van der Waals surface area contributed by atoms with E-state index >= 15 is 0 Å². The first-order valence-electron chi connectivity index (χ1n) is 7.08. The second-order valence-corrected chi connectivity index (χ2v) is 6.45. The number of hydrogen-bond donors (Lipinski definition) is 1. The SMILES string of the molecule is COc1cc(Br)c(C2C(N)CCN2C2CC2)cc1OC. The number of ether oxygens (including phenoxy) is 2. The van der Waals surface area contributed by atoms with Crippen molar-refractivity contribution in [3.8, 4) is 11.5 Å². The molecule has 1 aromatic carbocycles. The van der Waals surface area contributed by atoms with Crippen molar-refractivity contribution in [1.82, 2.24) is 4.90 Å². The van der Waals surface area contributed by atoms with Crippen molar-refractivity contribution < 1.29 is 9.47 Å². The number of likely N-dealkylation sites (tertiary alicyclic amines) is 1. The molecule has 2 unspecified atom stereocenters. The topological polar surface area (TPSA) is 47.7 Å². The molecule has 1 saturated heterocycles. The normalized spacial score (nSPS) is 26.8. The molecule has 0 amide bonds. The first-order chi connectivity index (χ1) is 9.65. The van der Waals surface area contributed by atoms with Crippen molar-refractivity contribution in [2.75, 3.05) is 20.8 Å². The second kappa shape index (κ2) is 5.54. The van der Waals surface area contributed by atoms with Crippen molar-refractivity contribution in [1.29, 1.82) is 0 Å². The van der Waals surface area contributed by atoms with Gasteiger partial charge in [-0.1, -0.05) is 15.9 Å². The summed E-state index contributed by atoms with van der Waals surface area (Å²) in [6.07, 6.45) is 3.66. The zero-order chi connectivity index (χ0) is 14.3. The molecule has 110 valence electrons. The van der Waals surface area contributed by atoms with E-state index in [1.54, 1.807) is 14.2 Å². The highest BCUT2D eigenvalue weighted by Gasteiger charge is 2.42. The van der Waals surface area contributed by atoms with Crippen LogP contribution in [-0.4, -0.2) is 37.7 Å². The average molecular weight is 341 g/mol. The molecule has 0 radical (unpaired) electrons. The first-order valence-corrected chi connectivity index (χ1v) is 7.87. The van der Waals surface area contributed by atoms with Crippen LogP contribution in [0.2, 0.25) is 0 Å². The van der Waals surface area contributed by atoms with E-state index in [2.05, 4.69) is 26.9 Å². The van der Waals surface area contributed by atoms with E-state index in [0.29, 0.717) is 6.04 Å². The molecule has 5 heteroatoms. The Balaban J connectivity index is 1.99. The van der Waals surface area contributed by atoms with Crippen LogP contribution in [0.5, 0.6) is 11.5 Å². The Labute approximate surface area is 128 Å². The van der Waals surface area contributed by atoms with Gasteiger partial charge in [-0.2, -0.15) is 0 Å². The summed E-state index contributed by atoms with van der Waals surface area (Å²) in [5.41, 5.74) is 7.57. The molecule has 1 aliphatic heterocycles. The fraction of sp³-hybridized carbons (Fsp3) is 0.600. The fourth-order valence-corrected chi connectivity index (χ4v) is 3.72. The highest BCUT2D eigenvalue weighted by Crippen LogP contribution is 2.45. The Bertz CT molecular complexity index is 505. The molecular formula is C15H21BrN2O2. The molecule has 0 bridgehead atoms. The number of rotatable bonds is 4. The highest BCUT2D eigenvalue weighted by molar-refractivity contribution is 9.10. The molecule has 1 aliphatic carbocycles. The molecule has 0 spiro atoms. The molecule has 2 fully saturated rings. The molecule has 2 N–H and O–H groups in total. The van der Waals surface area contributed by atoms with Gasteiger partial charge in [-0.25, -0.2) is 0 Å². The minimum Gasteiger partial charge on any atom is -0.493 e. The third-order valence-electron chi connectivity index (χ3n) is 4.32. The molecule has 3 rings (SSSR count). The summed E-state index contributed by atoms with van der Waals surface area (Å²) in [6, 6.07) is 5.22. The third kappa shape index (κ3) is 2.43. The summed E-state index contributed by atoms with van der Waals surface area (Å²) in [6.45, 7) is 1.09. The smallest absolute Gasteiger partial charge is 0.161 e. The number of halogens is 1. The molecule has 1 heterocycles. The van der Waals surface area contributed by atoms with Gasteiger partial charge in [0.25, 0.3) is 0 Å². The van der Waals surface area contributed by atoms with Crippen LogP contribution < -0.4 is 15.2 Å². The van der Waals surface area contributed by atoms with Gasteiger partial charge in [0, 0.05) is 23.1 Å². The van der Waals surface area contributed by atoms with Gasteiger partial charge in [0.15, 0.2) is 11.5 Å². The maximum atomic E-state index is 6.36. The van der Waals surface area contributed by atoms with E-state index in [0.717, 1.165) is 28.9 Å². The lowest BCUT2D eigenvalue weighted by Crippen LogP contribution is -2.33. The number of nitrogens with zero attached hydrogens (tertiary/aromatic N) is 1. The Hall–Kier alpha value is -0.780. The van der Waals surface area contributed by atoms with Gasteiger partial charge in [-0.05, 0) is 37.0 Å². The second-order valence-electron chi connectivity index (χ2n) is 5.60. The van der Waals surface area contributed by atoms with Gasteiger partial charge in [-0.15, -0.1) is 0 Å². The number of methoxy groups -OCH3 is 2. The van der Waals surface area contributed by atoms with Crippen LogP contribution >= 0.6 is 15.9 Å². The van der Waals surface area contributed by atoms with Gasteiger partial charge in [0.1, 0.15) is 0 Å². The first kappa shape index (κ1) is 14.2.